The fourth-order valence-electron chi connectivity index (χ4n) is 7.66. The highest BCUT2D eigenvalue weighted by atomic mass is 32.2. The Balaban J connectivity index is 1.89. The molecule has 0 spiro atoms. The lowest BCUT2D eigenvalue weighted by atomic mass is 10.1. The smallest absolute Gasteiger partial charge is 0.207 e. The van der Waals surface area contributed by atoms with Crippen LogP contribution >= 0.6 is 0 Å². The predicted molar refractivity (Wildman–Crippen MR) is 213 cm³/mol. The Labute approximate surface area is 315 Å². The SMILES string of the molecule is CCCN(CCCCN(CCCN(CCC)S(=O)(=O)c1c(C)cc(C)cc1C)S(=O)(=O)c1c(C)cc(C)cc1C)S(=O)(=O)c1c(C)cc(C)cc1C. The van der Waals surface area contributed by atoms with Gasteiger partial charge in [-0.05, 0) is 128 Å². The number of benzene rings is 3. The molecule has 290 valence electrons. The quantitative estimate of drug-likeness (QED) is 0.115. The molecule has 0 aromatic heterocycles. The lowest BCUT2D eigenvalue weighted by molar-refractivity contribution is 0.344. The minimum atomic E-state index is -3.96. The molecule has 0 saturated heterocycles. The van der Waals surface area contributed by atoms with Crippen LogP contribution in [0, 0.1) is 62.3 Å². The predicted octanol–water partition coefficient (Wildman–Crippen LogP) is 7.83. The van der Waals surface area contributed by atoms with Gasteiger partial charge in [0.25, 0.3) is 0 Å². The zero-order chi connectivity index (χ0) is 39.2. The van der Waals surface area contributed by atoms with Crippen LogP contribution < -0.4 is 0 Å². The van der Waals surface area contributed by atoms with Crippen LogP contribution in [-0.2, 0) is 30.1 Å². The van der Waals surface area contributed by atoms with E-state index >= 15 is 0 Å². The van der Waals surface area contributed by atoms with E-state index in [1.54, 1.807) is 13.8 Å². The molecule has 0 heterocycles. The van der Waals surface area contributed by atoms with Gasteiger partial charge in [0.05, 0.1) is 14.7 Å². The van der Waals surface area contributed by atoms with Crippen molar-refractivity contribution in [2.75, 3.05) is 39.3 Å². The summed E-state index contributed by atoms with van der Waals surface area (Å²) in [6.07, 6.45) is 2.46. The Bertz CT molecular complexity index is 1990. The lowest BCUT2D eigenvalue weighted by Gasteiger charge is -2.28. The van der Waals surface area contributed by atoms with Crippen molar-refractivity contribution in [2.24, 2.45) is 0 Å². The van der Waals surface area contributed by atoms with Crippen molar-refractivity contribution in [3.05, 3.63) is 86.5 Å². The van der Waals surface area contributed by atoms with Crippen LogP contribution in [0.4, 0.5) is 0 Å². The molecule has 0 aliphatic heterocycles. The van der Waals surface area contributed by atoms with Crippen molar-refractivity contribution in [1.82, 2.24) is 12.9 Å². The number of hydrogen-bond acceptors (Lipinski definition) is 6. The zero-order valence-corrected chi connectivity index (χ0v) is 35.7. The van der Waals surface area contributed by atoms with Crippen molar-refractivity contribution < 1.29 is 25.3 Å². The highest BCUT2D eigenvalue weighted by Gasteiger charge is 2.31. The molecule has 0 atom stereocenters. The van der Waals surface area contributed by atoms with E-state index in [-0.39, 0.29) is 31.1 Å². The van der Waals surface area contributed by atoms with Gasteiger partial charge >= 0.3 is 0 Å². The number of hydrogen-bond donors (Lipinski definition) is 0. The van der Waals surface area contributed by atoms with E-state index in [1.807, 2.05) is 98.7 Å². The average molecular weight is 776 g/mol. The minimum Gasteiger partial charge on any atom is -0.207 e. The second-order valence-electron chi connectivity index (χ2n) is 14.5. The molecule has 0 bridgehead atoms. The summed E-state index contributed by atoms with van der Waals surface area (Å²) >= 11 is 0. The maximum atomic E-state index is 14.4. The number of nitrogens with zero attached hydrogens (tertiary/aromatic N) is 3. The average Bonchev–Trinajstić information content (AvgIpc) is 2.98. The number of rotatable bonds is 19. The van der Waals surface area contributed by atoms with Crippen LogP contribution in [0.1, 0.15) is 96.0 Å². The molecule has 0 unspecified atom stereocenters. The number of aryl methyl sites for hydroxylation is 9. The molecule has 9 nitrogen and oxygen atoms in total. The molecule has 0 N–H and O–H groups in total. The molecule has 0 aliphatic carbocycles. The second-order valence-corrected chi connectivity index (χ2v) is 20.1. The Kier molecular flexibility index (Phi) is 15.3. The topological polar surface area (TPSA) is 112 Å². The molecule has 0 amide bonds. The van der Waals surface area contributed by atoms with Gasteiger partial charge in [-0.2, -0.15) is 12.9 Å². The van der Waals surface area contributed by atoms with Crippen LogP contribution in [0.5, 0.6) is 0 Å². The van der Waals surface area contributed by atoms with E-state index in [0.717, 1.165) is 16.7 Å². The van der Waals surface area contributed by atoms with Gasteiger partial charge in [0.2, 0.25) is 30.1 Å². The van der Waals surface area contributed by atoms with Crippen molar-refractivity contribution in [1.29, 1.82) is 0 Å². The van der Waals surface area contributed by atoms with E-state index in [1.165, 1.54) is 12.9 Å². The van der Waals surface area contributed by atoms with Gasteiger partial charge < -0.3 is 0 Å². The van der Waals surface area contributed by atoms with Gasteiger partial charge in [-0.3, -0.25) is 0 Å². The minimum absolute atomic E-state index is 0.120. The molecule has 0 fully saturated rings. The van der Waals surface area contributed by atoms with Crippen molar-refractivity contribution >= 4 is 30.1 Å². The fraction of sp³-hybridized carbons (Fsp3) is 0.550. The first-order valence-corrected chi connectivity index (χ1v) is 22.8. The third-order valence-electron chi connectivity index (χ3n) is 9.43. The second kappa shape index (κ2) is 18.1. The van der Waals surface area contributed by atoms with Crippen LogP contribution in [0.2, 0.25) is 0 Å². The third kappa shape index (κ3) is 10.1. The molecule has 0 saturated carbocycles. The summed E-state index contributed by atoms with van der Waals surface area (Å²) in [5, 5.41) is 0. The maximum Gasteiger partial charge on any atom is 0.243 e. The van der Waals surface area contributed by atoms with Gasteiger partial charge in [0.15, 0.2) is 0 Å². The summed E-state index contributed by atoms with van der Waals surface area (Å²) < 4.78 is 89.1. The van der Waals surface area contributed by atoms with Crippen LogP contribution in [0.25, 0.3) is 0 Å². The number of unbranched alkanes of at least 4 members (excludes halogenated alkanes) is 1. The Hall–Kier alpha value is -2.61. The Morgan fingerprint density at radius 2 is 0.577 bits per heavy atom. The van der Waals surface area contributed by atoms with Gasteiger partial charge in [-0.1, -0.05) is 66.9 Å². The highest BCUT2D eigenvalue weighted by molar-refractivity contribution is 7.89. The standard InChI is InChI=1S/C40H61N3O6S3/c1-12-17-41(50(44,45)38-32(6)23-29(3)24-33(38)7)19-14-15-20-43(52(48,49)40-36(10)27-31(5)28-37(40)11)22-16-21-42(18-13-2)51(46,47)39-34(8)25-30(4)26-35(39)9/h23-28H,12-22H2,1-11H3. The Morgan fingerprint density at radius 1 is 0.365 bits per heavy atom. The molecule has 0 radical (unpaired) electrons. The fourth-order valence-corrected chi connectivity index (χ4v) is 13.6. The molecule has 12 heteroatoms. The van der Waals surface area contributed by atoms with Crippen LogP contribution in [0.3, 0.4) is 0 Å². The summed E-state index contributed by atoms with van der Waals surface area (Å²) in [6.45, 7) is 22.0. The first-order chi connectivity index (χ1) is 24.2. The van der Waals surface area contributed by atoms with Gasteiger partial charge in [-0.25, -0.2) is 25.3 Å². The van der Waals surface area contributed by atoms with Crippen molar-refractivity contribution in [2.45, 2.75) is 123 Å². The summed E-state index contributed by atoms with van der Waals surface area (Å²) in [5.74, 6) is 0. The molecule has 52 heavy (non-hydrogen) atoms. The molecular formula is C40H61N3O6S3. The maximum absolute atomic E-state index is 14.4. The molecular weight excluding hydrogens is 715 g/mol. The van der Waals surface area contributed by atoms with Crippen molar-refractivity contribution in [3.8, 4) is 0 Å². The van der Waals surface area contributed by atoms with E-state index in [4.69, 9.17) is 0 Å². The summed E-state index contributed by atoms with van der Waals surface area (Å²) in [7, 11) is -11.5. The van der Waals surface area contributed by atoms with Crippen LogP contribution in [0.15, 0.2) is 51.1 Å². The normalized spacial score (nSPS) is 12.8. The van der Waals surface area contributed by atoms with E-state index in [2.05, 4.69) is 0 Å². The number of sulfonamides is 3. The van der Waals surface area contributed by atoms with Gasteiger partial charge in [0, 0.05) is 39.3 Å². The van der Waals surface area contributed by atoms with E-state index in [0.29, 0.717) is 88.4 Å². The summed E-state index contributed by atoms with van der Waals surface area (Å²) in [4.78, 5) is 0.913. The van der Waals surface area contributed by atoms with Crippen LogP contribution in [-0.4, -0.2) is 77.4 Å². The third-order valence-corrected chi connectivity index (χ3v) is 16.0. The lowest BCUT2D eigenvalue weighted by Crippen LogP contribution is -2.38. The Morgan fingerprint density at radius 3 is 0.808 bits per heavy atom. The first kappa shape index (κ1) is 43.8. The largest absolute Gasteiger partial charge is 0.243 e. The molecule has 0 aliphatic rings. The zero-order valence-electron chi connectivity index (χ0n) is 33.3. The molecule has 3 aromatic carbocycles. The van der Waals surface area contributed by atoms with E-state index < -0.39 is 30.1 Å². The first-order valence-electron chi connectivity index (χ1n) is 18.4. The van der Waals surface area contributed by atoms with Gasteiger partial charge in [-0.15, -0.1) is 0 Å². The molecule has 3 rings (SSSR count). The van der Waals surface area contributed by atoms with E-state index in [9.17, 15) is 25.3 Å². The van der Waals surface area contributed by atoms with Crippen molar-refractivity contribution in [3.63, 3.8) is 0 Å². The highest BCUT2D eigenvalue weighted by Crippen LogP contribution is 2.29. The summed E-state index contributed by atoms with van der Waals surface area (Å²) in [6, 6.07) is 11.3. The van der Waals surface area contributed by atoms with Gasteiger partial charge in [0.1, 0.15) is 0 Å². The molecule has 3 aromatic rings. The summed E-state index contributed by atoms with van der Waals surface area (Å²) in [5.41, 5.74) is 7.11. The monoisotopic (exact) mass is 775 g/mol.